The van der Waals surface area contributed by atoms with Crippen LogP contribution in [0.15, 0.2) is 36.4 Å². The van der Waals surface area contributed by atoms with Gasteiger partial charge in [0.1, 0.15) is 17.7 Å². The largest absolute Gasteiger partial charge is 0.416 e. The summed E-state index contributed by atoms with van der Waals surface area (Å²) < 4.78 is 37.8. The second-order valence-corrected chi connectivity index (χ2v) is 4.15. The first-order valence-corrected chi connectivity index (χ1v) is 5.97. The minimum absolute atomic E-state index is 0.0958. The summed E-state index contributed by atoms with van der Waals surface area (Å²) in [7, 11) is 1.70. The lowest BCUT2D eigenvalue weighted by atomic mass is 10.1. The molecule has 0 fully saturated rings. The van der Waals surface area contributed by atoms with Crippen molar-refractivity contribution in [2.75, 3.05) is 17.7 Å². The lowest BCUT2D eigenvalue weighted by Gasteiger charge is -2.11. The van der Waals surface area contributed by atoms with E-state index in [-0.39, 0.29) is 11.3 Å². The van der Waals surface area contributed by atoms with Crippen LogP contribution in [0, 0.1) is 11.3 Å². The van der Waals surface area contributed by atoms with Crippen molar-refractivity contribution in [1.82, 2.24) is 4.98 Å². The van der Waals surface area contributed by atoms with Crippen molar-refractivity contribution < 1.29 is 13.2 Å². The van der Waals surface area contributed by atoms with Gasteiger partial charge < -0.3 is 10.6 Å². The van der Waals surface area contributed by atoms with Crippen LogP contribution in [0.3, 0.4) is 0 Å². The average molecular weight is 292 g/mol. The highest BCUT2D eigenvalue weighted by Crippen LogP contribution is 2.32. The summed E-state index contributed by atoms with van der Waals surface area (Å²) in [6, 6.07) is 9.82. The van der Waals surface area contributed by atoms with Gasteiger partial charge in [-0.1, -0.05) is 6.07 Å². The number of halogens is 3. The Balaban J connectivity index is 2.34. The number of anilines is 3. The van der Waals surface area contributed by atoms with E-state index in [4.69, 9.17) is 5.26 Å². The molecule has 0 aliphatic rings. The smallest absolute Gasteiger partial charge is 0.373 e. The van der Waals surface area contributed by atoms with Gasteiger partial charge in [0.05, 0.1) is 16.8 Å². The molecule has 0 atom stereocenters. The first-order chi connectivity index (χ1) is 9.94. The molecule has 0 amide bonds. The van der Waals surface area contributed by atoms with Crippen molar-refractivity contribution in [3.63, 3.8) is 0 Å². The molecular formula is C14H11F3N4. The van der Waals surface area contributed by atoms with E-state index in [1.165, 1.54) is 6.07 Å². The minimum Gasteiger partial charge on any atom is -0.373 e. The summed E-state index contributed by atoms with van der Waals surface area (Å²) in [5, 5.41) is 14.7. The molecule has 1 aromatic heterocycles. The molecule has 0 spiro atoms. The maximum atomic E-state index is 12.6. The Morgan fingerprint density at radius 3 is 2.48 bits per heavy atom. The number of aromatic nitrogens is 1. The zero-order chi connectivity index (χ0) is 15.5. The van der Waals surface area contributed by atoms with Gasteiger partial charge in [0.25, 0.3) is 0 Å². The molecule has 2 aromatic rings. The van der Waals surface area contributed by atoms with Gasteiger partial charge in [-0.15, -0.1) is 0 Å². The van der Waals surface area contributed by atoms with E-state index in [0.717, 1.165) is 12.1 Å². The summed E-state index contributed by atoms with van der Waals surface area (Å²) in [6.45, 7) is 0. The molecule has 0 bridgehead atoms. The van der Waals surface area contributed by atoms with E-state index in [1.807, 2.05) is 0 Å². The van der Waals surface area contributed by atoms with Crippen molar-refractivity contribution in [2.45, 2.75) is 6.18 Å². The molecule has 2 N–H and O–H groups in total. The molecule has 1 aromatic carbocycles. The van der Waals surface area contributed by atoms with Crippen molar-refractivity contribution in [3.8, 4) is 6.07 Å². The number of alkyl halides is 3. The quantitative estimate of drug-likeness (QED) is 0.904. The van der Waals surface area contributed by atoms with Crippen molar-refractivity contribution in [2.24, 2.45) is 0 Å². The summed E-state index contributed by atoms with van der Waals surface area (Å²) in [4.78, 5) is 4.18. The maximum Gasteiger partial charge on any atom is 0.416 e. The normalized spacial score (nSPS) is 10.8. The summed E-state index contributed by atoms with van der Waals surface area (Å²) in [5.41, 5.74) is -0.686. The monoisotopic (exact) mass is 292 g/mol. The van der Waals surface area contributed by atoms with Gasteiger partial charge in [-0.05, 0) is 30.3 Å². The van der Waals surface area contributed by atoms with Gasteiger partial charge in [0.2, 0.25) is 0 Å². The third-order valence-electron chi connectivity index (χ3n) is 2.74. The van der Waals surface area contributed by atoms with Gasteiger partial charge in [-0.25, -0.2) is 4.98 Å². The fourth-order valence-corrected chi connectivity index (χ4v) is 1.70. The van der Waals surface area contributed by atoms with Crippen LogP contribution < -0.4 is 10.6 Å². The number of hydrogen-bond acceptors (Lipinski definition) is 4. The molecule has 0 saturated heterocycles. The molecule has 0 aliphatic carbocycles. The van der Waals surface area contributed by atoms with E-state index >= 15 is 0 Å². The predicted molar refractivity (Wildman–Crippen MR) is 73.2 cm³/mol. The Bertz CT molecular complexity index is 689. The Morgan fingerprint density at radius 1 is 1.14 bits per heavy atom. The summed E-state index contributed by atoms with van der Waals surface area (Å²) in [6.07, 6.45) is -4.48. The molecule has 108 valence electrons. The van der Waals surface area contributed by atoms with Gasteiger partial charge in [0.15, 0.2) is 0 Å². The van der Waals surface area contributed by atoms with Crippen LogP contribution in [0.25, 0.3) is 0 Å². The zero-order valence-electron chi connectivity index (χ0n) is 11.0. The lowest BCUT2D eigenvalue weighted by molar-refractivity contribution is -0.137. The number of rotatable bonds is 3. The topological polar surface area (TPSA) is 60.7 Å². The van der Waals surface area contributed by atoms with Gasteiger partial charge in [-0.2, -0.15) is 18.4 Å². The number of nitrogens with one attached hydrogen (secondary N) is 2. The fraction of sp³-hybridized carbons (Fsp3) is 0.143. The lowest BCUT2D eigenvalue weighted by Crippen LogP contribution is -2.06. The molecule has 2 rings (SSSR count). The molecule has 0 aliphatic heterocycles. The zero-order valence-corrected chi connectivity index (χ0v) is 11.0. The average Bonchev–Trinajstić information content (AvgIpc) is 2.46. The van der Waals surface area contributed by atoms with E-state index in [2.05, 4.69) is 15.6 Å². The molecule has 7 heteroatoms. The van der Waals surface area contributed by atoms with Gasteiger partial charge in [0, 0.05) is 7.05 Å². The van der Waals surface area contributed by atoms with E-state index in [1.54, 1.807) is 31.3 Å². The molecule has 1 heterocycles. The molecule has 4 nitrogen and oxygen atoms in total. The highest BCUT2D eigenvalue weighted by Gasteiger charge is 2.31. The highest BCUT2D eigenvalue weighted by atomic mass is 19.4. The standard InChI is InChI=1S/C14H11F3N4/c1-19-12-3-2-4-13(21-12)20-11-6-5-10(14(15,16)17)7-9(11)8-18/h2-7H,1H3,(H2,19,20,21). The number of pyridine rings is 1. The molecule has 21 heavy (non-hydrogen) atoms. The maximum absolute atomic E-state index is 12.6. The molecule has 0 radical (unpaired) electrons. The Hall–Kier alpha value is -2.75. The van der Waals surface area contributed by atoms with E-state index in [0.29, 0.717) is 11.6 Å². The van der Waals surface area contributed by atoms with Gasteiger partial charge >= 0.3 is 6.18 Å². The van der Waals surface area contributed by atoms with Crippen LogP contribution >= 0.6 is 0 Å². The number of nitrogens with zero attached hydrogens (tertiary/aromatic N) is 2. The summed E-state index contributed by atoms with van der Waals surface area (Å²) in [5.74, 6) is 1.03. The Morgan fingerprint density at radius 2 is 1.86 bits per heavy atom. The van der Waals surface area contributed by atoms with Crippen LogP contribution in [-0.2, 0) is 6.18 Å². The van der Waals surface area contributed by atoms with Crippen LogP contribution in [0.4, 0.5) is 30.5 Å². The number of benzene rings is 1. The number of hydrogen-bond donors (Lipinski definition) is 2. The number of nitriles is 1. The Kier molecular flexibility index (Phi) is 3.98. The highest BCUT2D eigenvalue weighted by molar-refractivity contribution is 5.66. The van der Waals surface area contributed by atoms with Crippen molar-refractivity contribution in [1.29, 1.82) is 5.26 Å². The second kappa shape index (κ2) is 5.71. The summed E-state index contributed by atoms with van der Waals surface area (Å²) >= 11 is 0. The van der Waals surface area contributed by atoms with Crippen LogP contribution in [0.1, 0.15) is 11.1 Å². The molecular weight excluding hydrogens is 281 g/mol. The van der Waals surface area contributed by atoms with Crippen LogP contribution in [-0.4, -0.2) is 12.0 Å². The second-order valence-electron chi connectivity index (χ2n) is 4.15. The SMILES string of the molecule is CNc1cccc(Nc2ccc(C(F)(F)F)cc2C#N)n1. The van der Waals surface area contributed by atoms with Crippen LogP contribution in [0.5, 0.6) is 0 Å². The molecule has 0 saturated carbocycles. The third-order valence-corrected chi connectivity index (χ3v) is 2.74. The minimum atomic E-state index is -4.48. The predicted octanol–water partition coefficient (Wildman–Crippen LogP) is 3.76. The van der Waals surface area contributed by atoms with Crippen molar-refractivity contribution >= 4 is 17.3 Å². The van der Waals surface area contributed by atoms with Crippen LogP contribution in [0.2, 0.25) is 0 Å². The van der Waals surface area contributed by atoms with E-state index in [9.17, 15) is 13.2 Å². The van der Waals surface area contributed by atoms with E-state index < -0.39 is 11.7 Å². The first kappa shape index (κ1) is 14.7. The first-order valence-electron chi connectivity index (χ1n) is 5.97. The van der Waals surface area contributed by atoms with Gasteiger partial charge in [-0.3, -0.25) is 0 Å². The van der Waals surface area contributed by atoms with Crippen molar-refractivity contribution in [3.05, 3.63) is 47.5 Å². The molecule has 0 unspecified atom stereocenters. The Labute approximate surface area is 119 Å². The fourth-order valence-electron chi connectivity index (χ4n) is 1.70. The third kappa shape index (κ3) is 3.42.